The van der Waals surface area contributed by atoms with E-state index in [1.165, 1.54) is 12.1 Å². The van der Waals surface area contributed by atoms with Crippen molar-refractivity contribution in [3.05, 3.63) is 28.5 Å². The highest BCUT2D eigenvalue weighted by atomic mass is 79.9. The fourth-order valence-corrected chi connectivity index (χ4v) is 1.60. The van der Waals surface area contributed by atoms with Crippen LogP contribution in [0.25, 0.3) is 0 Å². The number of halogens is 2. The molecule has 1 aromatic rings. The molecule has 4 nitrogen and oxygen atoms in total. The zero-order valence-electron chi connectivity index (χ0n) is 9.59. The first-order valence-electron chi connectivity index (χ1n) is 5.04. The Hall–Kier alpha value is -1.14. The maximum absolute atomic E-state index is 13.4. The number of rotatable bonds is 4. The Morgan fingerprint density at radius 1 is 1.59 bits per heavy atom. The van der Waals surface area contributed by atoms with E-state index < -0.39 is 11.8 Å². The molecule has 0 aromatic heterocycles. The monoisotopic (exact) mass is 304 g/mol. The molecule has 0 saturated carbocycles. The maximum atomic E-state index is 13.4. The average Bonchev–Trinajstić information content (AvgIpc) is 2.22. The van der Waals surface area contributed by atoms with Gasteiger partial charge in [-0.05, 0) is 25.1 Å². The Morgan fingerprint density at radius 3 is 2.88 bits per heavy atom. The molecule has 0 aliphatic carbocycles. The standard InChI is InChI=1S/C11H14BrFN2O2/c1-7(6-17-2)14-11(16)15-10-4-3-8(12)5-9(10)13/h3-5,7H,6H2,1-2H3,(H2,14,15,16). The van der Waals surface area contributed by atoms with Crippen molar-refractivity contribution < 1.29 is 13.9 Å². The van der Waals surface area contributed by atoms with Crippen LogP contribution in [0.4, 0.5) is 14.9 Å². The number of urea groups is 1. The third kappa shape index (κ3) is 4.70. The maximum Gasteiger partial charge on any atom is 0.319 e. The largest absolute Gasteiger partial charge is 0.383 e. The molecule has 94 valence electrons. The number of ether oxygens (including phenoxy) is 1. The molecule has 1 rings (SSSR count). The van der Waals surface area contributed by atoms with Crippen molar-refractivity contribution in [2.24, 2.45) is 0 Å². The summed E-state index contributed by atoms with van der Waals surface area (Å²) in [4.78, 5) is 11.5. The number of amides is 2. The molecule has 1 aromatic carbocycles. The molecule has 0 radical (unpaired) electrons. The van der Waals surface area contributed by atoms with Gasteiger partial charge in [-0.1, -0.05) is 15.9 Å². The van der Waals surface area contributed by atoms with Crippen LogP contribution in [0.3, 0.4) is 0 Å². The summed E-state index contributed by atoms with van der Waals surface area (Å²) in [6, 6.07) is 3.82. The molecule has 1 atom stereocenters. The van der Waals surface area contributed by atoms with Crippen molar-refractivity contribution in [1.82, 2.24) is 5.32 Å². The molecule has 0 heterocycles. The zero-order chi connectivity index (χ0) is 12.8. The summed E-state index contributed by atoms with van der Waals surface area (Å²) in [5, 5.41) is 5.04. The van der Waals surface area contributed by atoms with Crippen LogP contribution >= 0.6 is 15.9 Å². The van der Waals surface area contributed by atoms with E-state index in [9.17, 15) is 9.18 Å². The van der Waals surface area contributed by atoms with Crippen molar-refractivity contribution in [2.75, 3.05) is 19.0 Å². The molecule has 6 heteroatoms. The Bertz CT molecular complexity index is 401. The fraction of sp³-hybridized carbons (Fsp3) is 0.364. The van der Waals surface area contributed by atoms with Crippen LogP contribution in [0.1, 0.15) is 6.92 Å². The summed E-state index contributed by atoms with van der Waals surface area (Å²) in [6.07, 6.45) is 0. The summed E-state index contributed by atoms with van der Waals surface area (Å²) < 4.78 is 18.9. The first kappa shape index (κ1) is 13.9. The van der Waals surface area contributed by atoms with Gasteiger partial charge in [0, 0.05) is 11.6 Å². The van der Waals surface area contributed by atoms with Crippen molar-refractivity contribution in [2.45, 2.75) is 13.0 Å². The van der Waals surface area contributed by atoms with Crippen LogP contribution in [-0.2, 0) is 4.74 Å². The molecule has 2 N–H and O–H groups in total. The molecule has 17 heavy (non-hydrogen) atoms. The van der Waals surface area contributed by atoms with Gasteiger partial charge in [0.25, 0.3) is 0 Å². The molecule has 0 saturated heterocycles. The third-order valence-electron chi connectivity index (χ3n) is 1.97. The number of hydrogen-bond donors (Lipinski definition) is 2. The Balaban J connectivity index is 2.56. The lowest BCUT2D eigenvalue weighted by Gasteiger charge is -2.13. The molecular formula is C11H14BrFN2O2. The van der Waals surface area contributed by atoms with Crippen molar-refractivity contribution in [3.8, 4) is 0 Å². The summed E-state index contributed by atoms with van der Waals surface area (Å²) in [5.41, 5.74) is 0.135. The van der Waals surface area contributed by atoms with Gasteiger partial charge in [-0.2, -0.15) is 0 Å². The van der Waals surface area contributed by atoms with Crippen LogP contribution in [0.2, 0.25) is 0 Å². The zero-order valence-corrected chi connectivity index (χ0v) is 11.2. The Morgan fingerprint density at radius 2 is 2.29 bits per heavy atom. The van der Waals surface area contributed by atoms with Crippen molar-refractivity contribution >= 4 is 27.6 Å². The van der Waals surface area contributed by atoms with Crippen LogP contribution in [0.5, 0.6) is 0 Å². The van der Waals surface area contributed by atoms with Crippen molar-refractivity contribution in [1.29, 1.82) is 0 Å². The van der Waals surface area contributed by atoms with Gasteiger partial charge in [0.2, 0.25) is 0 Å². The van der Waals surface area contributed by atoms with Gasteiger partial charge in [0.05, 0.1) is 18.3 Å². The minimum absolute atomic E-state index is 0.135. The van der Waals surface area contributed by atoms with Crippen LogP contribution < -0.4 is 10.6 Å². The number of nitrogens with one attached hydrogen (secondary N) is 2. The number of anilines is 1. The summed E-state index contributed by atoms with van der Waals surface area (Å²) in [6.45, 7) is 2.19. The normalized spacial score (nSPS) is 12.0. The minimum atomic E-state index is -0.492. The van der Waals surface area contributed by atoms with E-state index in [0.29, 0.717) is 11.1 Å². The molecule has 1 unspecified atom stereocenters. The second-order valence-corrected chi connectivity index (χ2v) is 4.49. The quantitative estimate of drug-likeness (QED) is 0.898. The van der Waals surface area contributed by atoms with E-state index in [2.05, 4.69) is 26.6 Å². The van der Waals surface area contributed by atoms with Crippen LogP contribution in [0.15, 0.2) is 22.7 Å². The number of carbonyl (C=O) groups excluding carboxylic acids is 1. The summed E-state index contributed by atoms with van der Waals surface area (Å²) in [5.74, 6) is -0.492. The Labute approximate surface area is 108 Å². The van der Waals surface area contributed by atoms with Crippen molar-refractivity contribution in [3.63, 3.8) is 0 Å². The highest BCUT2D eigenvalue weighted by Gasteiger charge is 2.09. The molecule has 0 spiro atoms. The topological polar surface area (TPSA) is 50.4 Å². The molecule has 0 aliphatic heterocycles. The second kappa shape index (κ2) is 6.56. The van der Waals surface area contributed by atoms with Gasteiger partial charge in [-0.25, -0.2) is 9.18 Å². The van der Waals surface area contributed by atoms with Crippen LogP contribution in [-0.4, -0.2) is 25.8 Å². The van der Waals surface area contributed by atoms with Gasteiger partial charge in [-0.3, -0.25) is 0 Å². The van der Waals surface area contributed by atoms with E-state index in [0.717, 1.165) is 0 Å². The lowest BCUT2D eigenvalue weighted by molar-refractivity contribution is 0.173. The molecular weight excluding hydrogens is 291 g/mol. The fourth-order valence-electron chi connectivity index (χ4n) is 1.26. The van der Waals surface area contributed by atoms with E-state index in [1.807, 2.05) is 0 Å². The number of methoxy groups -OCH3 is 1. The lowest BCUT2D eigenvalue weighted by Crippen LogP contribution is -2.38. The van der Waals surface area contributed by atoms with Gasteiger partial charge >= 0.3 is 6.03 Å². The Kier molecular flexibility index (Phi) is 5.37. The van der Waals surface area contributed by atoms with E-state index >= 15 is 0 Å². The summed E-state index contributed by atoms with van der Waals surface area (Å²) >= 11 is 3.14. The molecule has 0 aliphatic rings. The second-order valence-electron chi connectivity index (χ2n) is 3.58. The van der Waals surface area contributed by atoms with Crippen LogP contribution in [0, 0.1) is 5.82 Å². The summed E-state index contributed by atoms with van der Waals surface area (Å²) in [7, 11) is 1.55. The number of hydrogen-bond acceptors (Lipinski definition) is 2. The van der Waals surface area contributed by atoms with Gasteiger partial charge in [-0.15, -0.1) is 0 Å². The SMILES string of the molecule is COCC(C)NC(=O)Nc1ccc(Br)cc1F. The first-order valence-corrected chi connectivity index (χ1v) is 5.83. The number of carbonyl (C=O) groups is 1. The highest BCUT2D eigenvalue weighted by Crippen LogP contribution is 2.19. The first-order chi connectivity index (χ1) is 8.02. The molecule has 0 fully saturated rings. The number of benzene rings is 1. The average molecular weight is 305 g/mol. The highest BCUT2D eigenvalue weighted by molar-refractivity contribution is 9.10. The molecule has 0 bridgehead atoms. The van der Waals surface area contributed by atoms with Gasteiger partial charge in [0.1, 0.15) is 5.82 Å². The predicted molar refractivity (Wildman–Crippen MR) is 67.6 cm³/mol. The van der Waals surface area contributed by atoms with Gasteiger partial charge in [0.15, 0.2) is 0 Å². The predicted octanol–water partition coefficient (Wildman–Crippen LogP) is 2.74. The van der Waals surface area contributed by atoms with E-state index in [4.69, 9.17) is 4.74 Å². The smallest absolute Gasteiger partial charge is 0.319 e. The van der Waals surface area contributed by atoms with Gasteiger partial charge < -0.3 is 15.4 Å². The minimum Gasteiger partial charge on any atom is -0.383 e. The van der Waals surface area contributed by atoms with E-state index in [1.54, 1.807) is 20.1 Å². The lowest BCUT2D eigenvalue weighted by atomic mass is 10.3. The molecule has 2 amide bonds. The van der Waals surface area contributed by atoms with E-state index in [-0.39, 0.29) is 11.7 Å². The third-order valence-corrected chi connectivity index (χ3v) is 2.47.